The summed E-state index contributed by atoms with van der Waals surface area (Å²) in [6.45, 7) is 5.52. The van der Waals surface area contributed by atoms with Crippen LogP contribution in [0.1, 0.15) is 37.4 Å². The summed E-state index contributed by atoms with van der Waals surface area (Å²) < 4.78 is 0. The molecule has 3 heterocycles. The van der Waals surface area contributed by atoms with Gasteiger partial charge in [-0.05, 0) is 65.0 Å². The van der Waals surface area contributed by atoms with E-state index in [1.54, 1.807) is 0 Å². The Morgan fingerprint density at radius 1 is 1.14 bits per heavy atom. The van der Waals surface area contributed by atoms with Gasteiger partial charge in [0.2, 0.25) is 0 Å². The summed E-state index contributed by atoms with van der Waals surface area (Å²) in [5, 5.41) is 3.12. The average Bonchev–Trinajstić information content (AvgIpc) is 3.18. The summed E-state index contributed by atoms with van der Waals surface area (Å²) in [6, 6.07) is 8.94. The van der Waals surface area contributed by atoms with Crippen LogP contribution >= 0.6 is 0 Å². The van der Waals surface area contributed by atoms with Crippen LogP contribution in [-0.4, -0.2) is 90.1 Å². The summed E-state index contributed by atoms with van der Waals surface area (Å²) in [5.74, 6) is 1.47. The fourth-order valence-electron chi connectivity index (χ4n) is 4.61. The molecular formula is C22H34N6O. The maximum Gasteiger partial charge on any atom is 0.317 e. The first kappa shape index (κ1) is 20.2. The topological polar surface area (TPSA) is 67.5 Å². The number of imidazole rings is 1. The van der Waals surface area contributed by atoms with Gasteiger partial charge >= 0.3 is 6.03 Å². The predicted molar refractivity (Wildman–Crippen MR) is 116 cm³/mol. The van der Waals surface area contributed by atoms with E-state index in [1.807, 2.05) is 23.1 Å². The van der Waals surface area contributed by atoms with E-state index in [0.717, 1.165) is 69.0 Å². The monoisotopic (exact) mass is 398 g/mol. The number of nitrogens with zero attached hydrogens (tertiary/aromatic N) is 4. The molecule has 0 aliphatic carbocycles. The average molecular weight is 399 g/mol. The zero-order valence-electron chi connectivity index (χ0n) is 17.7. The number of carbonyl (C=O) groups is 1. The van der Waals surface area contributed by atoms with Crippen LogP contribution in [0.4, 0.5) is 4.79 Å². The zero-order valence-corrected chi connectivity index (χ0v) is 17.7. The van der Waals surface area contributed by atoms with Crippen LogP contribution in [-0.2, 0) is 0 Å². The third kappa shape index (κ3) is 4.90. The zero-order chi connectivity index (χ0) is 20.2. The standard InChI is InChI=1S/C22H34N6O/c1-26(2)18-9-12-27(13-10-18)16-11-23-22(29)28-14-7-17(8-15-28)21-24-19-5-3-4-6-20(19)25-21/h3-6,17-18H,7-16H2,1-2H3,(H,23,29)(H,24,25). The highest BCUT2D eigenvalue weighted by Crippen LogP contribution is 2.27. The summed E-state index contributed by atoms with van der Waals surface area (Å²) in [6.07, 6.45) is 4.36. The number of aromatic nitrogens is 2. The Bertz CT molecular complexity index is 769. The number of carbonyl (C=O) groups excluding carboxylic acids is 1. The van der Waals surface area contributed by atoms with Crippen molar-refractivity contribution >= 4 is 17.1 Å². The van der Waals surface area contributed by atoms with Crippen LogP contribution in [0.3, 0.4) is 0 Å². The second-order valence-electron chi connectivity index (χ2n) is 8.67. The molecule has 2 saturated heterocycles. The molecule has 2 fully saturated rings. The first-order valence-electron chi connectivity index (χ1n) is 11.0. The number of para-hydroxylation sites is 2. The quantitative estimate of drug-likeness (QED) is 0.812. The number of urea groups is 1. The van der Waals surface area contributed by atoms with Crippen molar-refractivity contribution in [3.05, 3.63) is 30.1 Å². The molecule has 0 spiro atoms. The molecule has 1 aromatic heterocycles. The molecule has 0 unspecified atom stereocenters. The van der Waals surface area contributed by atoms with Gasteiger partial charge in [0, 0.05) is 38.1 Å². The molecule has 2 aromatic rings. The van der Waals surface area contributed by atoms with E-state index < -0.39 is 0 Å². The number of rotatable bonds is 5. The predicted octanol–water partition coefficient (Wildman–Crippen LogP) is 2.48. The van der Waals surface area contributed by atoms with Crippen LogP contribution in [0.5, 0.6) is 0 Å². The molecule has 2 amide bonds. The summed E-state index contributed by atoms with van der Waals surface area (Å²) in [4.78, 5) is 27.5. The minimum absolute atomic E-state index is 0.0798. The molecule has 7 heteroatoms. The number of fused-ring (bicyclic) bond motifs is 1. The third-order valence-electron chi connectivity index (χ3n) is 6.57. The molecule has 0 bridgehead atoms. The second-order valence-corrected chi connectivity index (χ2v) is 8.67. The van der Waals surface area contributed by atoms with E-state index in [-0.39, 0.29) is 6.03 Å². The largest absolute Gasteiger partial charge is 0.342 e. The van der Waals surface area contributed by atoms with Gasteiger partial charge in [0.25, 0.3) is 0 Å². The number of piperidine rings is 2. The molecule has 7 nitrogen and oxygen atoms in total. The summed E-state index contributed by atoms with van der Waals surface area (Å²) in [7, 11) is 4.33. The first-order chi connectivity index (χ1) is 14.1. The Balaban J connectivity index is 1.17. The Labute approximate surface area is 173 Å². The Kier molecular flexibility index (Phi) is 6.35. The molecule has 158 valence electrons. The fraction of sp³-hybridized carbons (Fsp3) is 0.636. The fourth-order valence-corrected chi connectivity index (χ4v) is 4.61. The minimum Gasteiger partial charge on any atom is -0.342 e. The maximum absolute atomic E-state index is 12.5. The van der Waals surface area contributed by atoms with Crippen molar-refractivity contribution in [2.24, 2.45) is 0 Å². The maximum atomic E-state index is 12.5. The number of aromatic amines is 1. The van der Waals surface area contributed by atoms with Crippen molar-refractivity contribution in [1.82, 2.24) is 30.0 Å². The van der Waals surface area contributed by atoms with Crippen LogP contribution in [0, 0.1) is 0 Å². The van der Waals surface area contributed by atoms with Gasteiger partial charge in [0.05, 0.1) is 11.0 Å². The van der Waals surface area contributed by atoms with E-state index in [0.29, 0.717) is 12.0 Å². The highest BCUT2D eigenvalue weighted by atomic mass is 16.2. The molecular weight excluding hydrogens is 364 g/mol. The number of H-pyrrole nitrogens is 1. The number of amides is 2. The van der Waals surface area contributed by atoms with Crippen molar-refractivity contribution in [2.45, 2.75) is 37.6 Å². The number of nitrogens with one attached hydrogen (secondary N) is 2. The third-order valence-corrected chi connectivity index (χ3v) is 6.57. The van der Waals surface area contributed by atoms with Gasteiger partial charge in [-0.1, -0.05) is 12.1 Å². The van der Waals surface area contributed by atoms with Crippen LogP contribution < -0.4 is 5.32 Å². The molecule has 1 aromatic carbocycles. The number of hydrogen-bond donors (Lipinski definition) is 2. The summed E-state index contributed by atoms with van der Waals surface area (Å²) >= 11 is 0. The first-order valence-corrected chi connectivity index (χ1v) is 11.0. The Morgan fingerprint density at radius 2 is 1.86 bits per heavy atom. The molecule has 2 aliphatic heterocycles. The normalized spacial score (nSPS) is 19.9. The van der Waals surface area contributed by atoms with Gasteiger partial charge in [-0.15, -0.1) is 0 Å². The van der Waals surface area contributed by atoms with Gasteiger partial charge in [0.1, 0.15) is 5.82 Å². The van der Waals surface area contributed by atoms with Crippen LogP contribution in [0.25, 0.3) is 11.0 Å². The molecule has 29 heavy (non-hydrogen) atoms. The molecule has 0 atom stereocenters. The molecule has 0 saturated carbocycles. The van der Waals surface area contributed by atoms with Gasteiger partial charge in [-0.25, -0.2) is 9.78 Å². The van der Waals surface area contributed by atoms with E-state index in [1.165, 1.54) is 12.8 Å². The lowest BCUT2D eigenvalue weighted by Gasteiger charge is -2.35. The van der Waals surface area contributed by atoms with E-state index in [2.05, 4.69) is 40.3 Å². The molecule has 4 rings (SSSR count). The lowest BCUT2D eigenvalue weighted by atomic mass is 9.96. The van der Waals surface area contributed by atoms with E-state index in [4.69, 9.17) is 4.98 Å². The SMILES string of the molecule is CN(C)C1CCN(CCNC(=O)N2CCC(c3nc4ccccc4[nH]3)CC2)CC1. The van der Waals surface area contributed by atoms with Crippen LogP contribution in [0.2, 0.25) is 0 Å². The van der Waals surface area contributed by atoms with Gasteiger partial charge in [-0.2, -0.15) is 0 Å². The van der Waals surface area contributed by atoms with E-state index >= 15 is 0 Å². The lowest BCUT2D eigenvalue weighted by molar-refractivity contribution is 0.143. The molecule has 0 radical (unpaired) electrons. The highest BCUT2D eigenvalue weighted by Gasteiger charge is 2.26. The van der Waals surface area contributed by atoms with Crippen LogP contribution in [0.15, 0.2) is 24.3 Å². The molecule has 2 N–H and O–H groups in total. The Morgan fingerprint density at radius 3 is 2.55 bits per heavy atom. The summed E-state index contributed by atoms with van der Waals surface area (Å²) in [5.41, 5.74) is 2.12. The second kappa shape index (κ2) is 9.13. The number of benzene rings is 1. The Hall–Kier alpha value is -2.12. The smallest absolute Gasteiger partial charge is 0.317 e. The van der Waals surface area contributed by atoms with Gasteiger partial charge < -0.3 is 25.0 Å². The number of hydrogen-bond acceptors (Lipinski definition) is 4. The highest BCUT2D eigenvalue weighted by molar-refractivity contribution is 5.75. The van der Waals surface area contributed by atoms with Crippen molar-refractivity contribution in [3.8, 4) is 0 Å². The number of likely N-dealkylation sites (tertiary alicyclic amines) is 2. The van der Waals surface area contributed by atoms with Crippen molar-refractivity contribution < 1.29 is 4.79 Å². The van der Waals surface area contributed by atoms with Crippen molar-refractivity contribution in [2.75, 3.05) is 53.4 Å². The van der Waals surface area contributed by atoms with Gasteiger partial charge in [0.15, 0.2) is 0 Å². The van der Waals surface area contributed by atoms with E-state index in [9.17, 15) is 4.79 Å². The molecule has 2 aliphatic rings. The minimum atomic E-state index is 0.0798. The van der Waals surface area contributed by atoms with Crippen molar-refractivity contribution in [1.29, 1.82) is 0 Å². The van der Waals surface area contributed by atoms with Crippen molar-refractivity contribution in [3.63, 3.8) is 0 Å². The van der Waals surface area contributed by atoms with Gasteiger partial charge in [-0.3, -0.25) is 0 Å². The lowest BCUT2D eigenvalue weighted by Crippen LogP contribution is -2.48.